The molecule has 0 atom stereocenters. The van der Waals surface area contributed by atoms with Crippen LogP contribution in [0.2, 0.25) is 0 Å². The van der Waals surface area contributed by atoms with Crippen molar-refractivity contribution in [3.8, 4) is 0 Å². The third-order valence-electron chi connectivity index (χ3n) is 1.83. The number of carbonyl (C=O) groups is 1. The summed E-state index contributed by atoms with van der Waals surface area (Å²) in [5.74, 6) is -2.01. The average Bonchev–Trinajstić information content (AvgIpc) is 2.20. The Morgan fingerprint density at radius 1 is 1.60 bits per heavy atom. The summed E-state index contributed by atoms with van der Waals surface area (Å²) in [7, 11) is 1.56. The lowest BCUT2D eigenvalue weighted by Gasteiger charge is -2.06. The molecule has 0 spiro atoms. The first kappa shape index (κ1) is 11.5. The maximum Gasteiger partial charge on any atom is 0.338 e. The van der Waals surface area contributed by atoms with E-state index in [1.165, 1.54) is 12.1 Å². The van der Waals surface area contributed by atoms with Crippen LogP contribution in [0.4, 0.5) is 10.1 Å². The van der Waals surface area contributed by atoms with Crippen molar-refractivity contribution in [2.75, 3.05) is 25.6 Å². The molecule has 4 nitrogen and oxygen atoms in total. The highest BCUT2D eigenvalue weighted by Crippen LogP contribution is 2.14. The number of carboxylic acid groups (broad SMARTS) is 1. The Bertz CT molecular complexity index is 355. The van der Waals surface area contributed by atoms with Gasteiger partial charge in [0.15, 0.2) is 0 Å². The smallest absolute Gasteiger partial charge is 0.338 e. The van der Waals surface area contributed by atoms with E-state index < -0.39 is 11.8 Å². The lowest BCUT2D eigenvalue weighted by molar-refractivity contribution is 0.0692. The van der Waals surface area contributed by atoms with E-state index in [1.807, 2.05) is 0 Å². The summed E-state index contributed by atoms with van der Waals surface area (Å²) < 4.78 is 17.8. The van der Waals surface area contributed by atoms with Crippen molar-refractivity contribution in [1.82, 2.24) is 0 Å². The van der Waals surface area contributed by atoms with E-state index in [9.17, 15) is 9.18 Å². The number of rotatable bonds is 5. The van der Waals surface area contributed by atoms with E-state index in [1.54, 1.807) is 7.11 Å². The van der Waals surface area contributed by atoms with Gasteiger partial charge in [0.1, 0.15) is 5.82 Å². The molecule has 15 heavy (non-hydrogen) atoms. The number of benzene rings is 1. The third-order valence-corrected chi connectivity index (χ3v) is 1.83. The summed E-state index contributed by atoms with van der Waals surface area (Å²) >= 11 is 0. The first-order valence-electron chi connectivity index (χ1n) is 4.41. The second-order valence-electron chi connectivity index (χ2n) is 2.92. The Kier molecular flexibility index (Phi) is 4.05. The van der Waals surface area contributed by atoms with Crippen LogP contribution in [0.25, 0.3) is 0 Å². The molecule has 0 radical (unpaired) electrons. The molecule has 82 valence electrons. The van der Waals surface area contributed by atoms with Crippen LogP contribution in [0.1, 0.15) is 10.4 Å². The molecular formula is C10H12FNO3. The van der Waals surface area contributed by atoms with Gasteiger partial charge in [-0.15, -0.1) is 0 Å². The van der Waals surface area contributed by atoms with E-state index in [0.717, 1.165) is 6.07 Å². The van der Waals surface area contributed by atoms with Crippen molar-refractivity contribution in [3.63, 3.8) is 0 Å². The van der Waals surface area contributed by atoms with E-state index in [2.05, 4.69) is 5.32 Å². The van der Waals surface area contributed by atoms with Crippen molar-refractivity contribution < 1.29 is 19.0 Å². The van der Waals surface area contributed by atoms with Crippen molar-refractivity contribution in [2.24, 2.45) is 0 Å². The van der Waals surface area contributed by atoms with Gasteiger partial charge >= 0.3 is 5.97 Å². The molecule has 0 amide bonds. The van der Waals surface area contributed by atoms with E-state index in [4.69, 9.17) is 9.84 Å². The number of ether oxygens (including phenoxy) is 1. The van der Waals surface area contributed by atoms with Gasteiger partial charge in [-0.05, 0) is 18.2 Å². The fourth-order valence-corrected chi connectivity index (χ4v) is 1.10. The minimum Gasteiger partial charge on any atom is -0.478 e. The minimum atomic E-state index is -1.28. The molecular weight excluding hydrogens is 201 g/mol. The fraction of sp³-hybridized carbons (Fsp3) is 0.300. The number of hydrogen-bond donors (Lipinski definition) is 2. The molecule has 0 aromatic heterocycles. The minimum absolute atomic E-state index is 0.336. The fourth-order valence-electron chi connectivity index (χ4n) is 1.10. The Labute approximate surface area is 86.7 Å². The van der Waals surface area contributed by atoms with Crippen LogP contribution >= 0.6 is 0 Å². The summed E-state index contributed by atoms with van der Waals surface area (Å²) in [4.78, 5) is 10.6. The summed E-state index contributed by atoms with van der Waals surface area (Å²) in [5, 5.41) is 11.6. The maximum atomic E-state index is 13.0. The first-order chi connectivity index (χ1) is 7.15. The first-order valence-corrected chi connectivity index (χ1v) is 4.41. The standard InChI is InChI=1S/C10H12FNO3/c1-15-5-4-12-7-2-3-9(11)8(6-7)10(13)14/h2-3,6,12H,4-5H2,1H3,(H,13,14). The molecule has 1 aromatic rings. The third kappa shape index (κ3) is 3.21. The average molecular weight is 213 g/mol. The van der Waals surface area contributed by atoms with E-state index in [-0.39, 0.29) is 5.56 Å². The molecule has 0 unspecified atom stereocenters. The molecule has 0 aliphatic carbocycles. The number of hydrogen-bond acceptors (Lipinski definition) is 3. The maximum absolute atomic E-state index is 13.0. The number of anilines is 1. The summed E-state index contributed by atoms with van der Waals surface area (Å²) in [5.41, 5.74) is 0.225. The number of methoxy groups -OCH3 is 1. The molecule has 0 saturated heterocycles. The highest BCUT2D eigenvalue weighted by molar-refractivity contribution is 5.89. The van der Waals surface area contributed by atoms with Gasteiger partial charge in [0.2, 0.25) is 0 Å². The van der Waals surface area contributed by atoms with Gasteiger partial charge in [-0.2, -0.15) is 0 Å². The largest absolute Gasteiger partial charge is 0.478 e. The zero-order valence-electron chi connectivity index (χ0n) is 8.29. The van der Waals surface area contributed by atoms with Gasteiger partial charge in [0, 0.05) is 19.3 Å². The number of halogens is 1. The number of carboxylic acids is 1. The molecule has 0 heterocycles. The molecule has 0 saturated carbocycles. The van der Waals surface area contributed by atoms with Gasteiger partial charge in [-0.1, -0.05) is 0 Å². The van der Waals surface area contributed by atoms with Gasteiger partial charge in [0.25, 0.3) is 0 Å². The molecule has 0 bridgehead atoms. The topological polar surface area (TPSA) is 58.6 Å². The lowest BCUT2D eigenvalue weighted by atomic mass is 10.2. The predicted molar refractivity (Wildman–Crippen MR) is 53.7 cm³/mol. The van der Waals surface area contributed by atoms with Crippen LogP contribution in [0.3, 0.4) is 0 Å². The van der Waals surface area contributed by atoms with Crippen molar-refractivity contribution in [3.05, 3.63) is 29.6 Å². The Morgan fingerprint density at radius 2 is 2.33 bits per heavy atom. The van der Waals surface area contributed by atoms with Crippen molar-refractivity contribution >= 4 is 11.7 Å². The normalized spacial score (nSPS) is 10.0. The van der Waals surface area contributed by atoms with Gasteiger partial charge < -0.3 is 15.2 Å². The molecule has 1 aromatic carbocycles. The second kappa shape index (κ2) is 5.31. The molecule has 2 N–H and O–H groups in total. The molecule has 1 rings (SSSR count). The summed E-state index contributed by atoms with van der Waals surface area (Å²) in [6.07, 6.45) is 0. The quantitative estimate of drug-likeness (QED) is 0.729. The highest BCUT2D eigenvalue weighted by Gasteiger charge is 2.10. The Morgan fingerprint density at radius 3 is 2.93 bits per heavy atom. The molecule has 0 fully saturated rings. The molecule has 0 aliphatic rings. The van der Waals surface area contributed by atoms with Gasteiger partial charge in [-0.3, -0.25) is 0 Å². The highest BCUT2D eigenvalue weighted by atomic mass is 19.1. The van der Waals surface area contributed by atoms with Crippen LogP contribution in [-0.4, -0.2) is 31.3 Å². The van der Waals surface area contributed by atoms with Crippen LogP contribution < -0.4 is 5.32 Å². The zero-order chi connectivity index (χ0) is 11.3. The monoisotopic (exact) mass is 213 g/mol. The van der Waals surface area contributed by atoms with Crippen LogP contribution in [-0.2, 0) is 4.74 Å². The molecule has 5 heteroatoms. The number of nitrogens with one attached hydrogen (secondary N) is 1. The molecule has 0 aliphatic heterocycles. The van der Waals surface area contributed by atoms with Gasteiger partial charge in [-0.25, -0.2) is 9.18 Å². The van der Waals surface area contributed by atoms with Crippen LogP contribution in [0, 0.1) is 5.82 Å². The van der Waals surface area contributed by atoms with Crippen molar-refractivity contribution in [1.29, 1.82) is 0 Å². The Balaban J connectivity index is 2.74. The summed E-state index contributed by atoms with van der Waals surface area (Å²) in [6, 6.07) is 3.86. The van der Waals surface area contributed by atoms with Gasteiger partial charge in [0.05, 0.1) is 12.2 Å². The van der Waals surface area contributed by atoms with E-state index in [0.29, 0.717) is 18.8 Å². The van der Waals surface area contributed by atoms with Crippen LogP contribution in [0.15, 0.2) is 18.2 Å². The van der Waals surface area contributed by atoms with Crippen LogP contribution in [0.5, 0.6) is 0 Å². The zero-order valence-corrected chi connectivity index (χ0v) is 8.29. The van der Waals surface area contributed by atoms with Crippen molar-refractivity contribution in [2.45, 2.75) is 0 Å². The number of aromatic carboxylic acids is 1. The SMILES string of the molecule is COCCNc1ccc(F)c(C(=O)O)c1. The Hall–Kier alpha value is -1.62. The van der Waals surface area contributed by atoms with E-state index >= 15 is 0 Å². The summed E-state index contributed by atoms with van der Waals surface area (Å²) in [6.45, 7) is 1.04. The predicted octanol–water partition coefficient (Wildman–Crippen LogP) is 1.58. The lowest BCUT2D eigenvalue weighted by Crippen LogP contribution is -2.09. The second-order valence-corrected chi connectivity index (χ2v) is 2.92.